The number of ether oxygens (including phenoxy) is 1. The topological polar surface area (TPSA) is 166 Å². The molecule has 1 fully saturated rings. The lowest BCUT2D eigenvalue weighted by Crippen LogP contribution is -2.72. The minimum absolute atomic E-state index is 0.235. The maximum absolute atomic E-state index is 11.7. The third-order valence-electron chi connectivity index (χ3n) is 2.78. The fourth-order valence-corrected chi connectivity index (χ4v) is 1.65. The first-order chi connectivity index (χ1) is 8.29. The van der Waals surface area contributed by atoms with Crippen molar-refractivity contribution in [2.45, 2.75) is 30.1 Å². The molecule has 5 atom stereocenters. The van der Waals surface area contributed by atoms with Crippen molar-refractivity contribution in [1.29, 1.82) is 0 Å². The highest BCUT2D eigenvalue weighted by atomic mass is 16.7. The molecule has 0 saturated carbocycles. The van der Waals surface area contributed by atoms with E-state index in [1.165, 1.54) is 0 Å². The van der Waals surface area contributed by atoms with Gasteiger partial charge in [-0.3, -0.25) is 4.79 Å². The summed E-state index contributed by atoms with van der Waals surface area (Å²) >= 11 is 0. The second-order valence-electron chi connectivity index (χ2n) is 3.95. The van der Waals surface area contributed by atoms with Crippen molar-refractivity contribution in [3.05, 3.63) is 4.91 Å². The first kappa shape index (κ1) is 14.9. The van der Waals surface area contributed by atoms with Crippen LogP contribution < -0.4 is 5.73 Å². The van der Waals surface area contributed by atoms with Crippen LogP contribution in [0.2, 0.25) is 0 Å². The molecule has 1 heterocycles. The fourth-order valence-electron chi connectivity index (χ4n) is 1.65. The van der Waals surface area contributed by atoms with Gasteiger partial charge in [0, 0.05) is 7.05 Å². The molecule has 1 aliphatic rings. The molecule has 0 spiro atoms. The van der Waals surface area contributed by atoms with Gasteiger partial charge in [-0.25, -0.2) is 0 Å². The number of nitroso groups, excluding NO2 is 1. The molecule has 1 unspecified atom stereocenters. The summed E-state index contributed by atoms with van der Waals surface area (Å²) in [5.74, 6) is -4.07. The highest BCUT2D eigenvalue weighted by Crippen LogP contribution is 2.28. The van der Waals surface area contributed by atoms with E-state index in [0.29, 0.717) is 0 Å². The van der Waals surface area contributed by atoms with Gasteiger partial charge >= 0.3 is 5.91 Å². The van der Waals surface area contributed by atoms with Crippen LogP contribution >= 0.6 is 0 Å². The third-order valence-corrected chi connectivity index (χ3v) is 2.78. The van der Waals surface area contributed by atoms with Crippen molar-refractivity contribution < 1.29 is 30.0 Å². The zero-order valence-electron chi connectivity index (χ0n) is 9.50. The first-order valence-corrected chi connectivity index (χ1v) is 5.03. The highest BCUT2D eigenvalue weighted by Gasteiger charge is 2.57. The number of amides is 1. The van der Waals surface area contributed by atoms with E-state index in [1.807, 2.05) is 0 Å². The predicted octanol–water partition coefficient (Wildman–Crippen LogP) is -3.74. The van der Waals surface area contributed by atoms with E-state index in [0.717, 1.165) is 7.05 Å². The van der Waals surface area contributed by atoms with Crippen molar-refractivity contribution in [2.75, 3.05) is 13.7 Å². The number of likely N-dealkylation sites (N-methyl/N-ethyl adjacent to an activating group) is 1. The van der Waals surface area contributed by atoms with E-state index in [4.69, 9.17) is 15.6 Å². The molecule has 6 N–H and O–H groups in total. The molecule has 1 aliphatic heterocycles. The van der Waals surface area contributed by atoms with Gasteiger partial charge in [0.2, 0.25) is 0 Å². The minimum Gasteiger partial charge on any atom is -0.394 e. The average Bonchev–Trinajstić information content (AvgIpc) is 2.38. The molecule has 0 aromatic heterocycles. The van der Waals surface area contributed by atoms with E-state index >= 15 is 0 Å². The lowest BCUT2D eigenvalue weighted by molar-refractivity contribution is -0.302. The van der Waals surface area contributed by atoms with Gasteiger partial charge in [0.05, 0.1) is 17.9 Å². The largest absolute Gasteiger partial charge is 0.394 e. The average molecular weight is 265 g/mol. The van der Waals surface area contributed by atoms with Gasteiger partial charge < -0.3 is 30.9 Å². The van der Waals surface area contributed by atoms with Crippen LogP contribution in [0.4, 0.5) is 0 Å². The highest BCUT2D eigenvalue weighted by molar-refractivity contribution is 5.84. The molecule has 10 nitrogen and oxygen atoms in total. The lowest BCUT2D eigenvalue weighted by atomic mass is 9.90. The van der Waals surface area contributed by atoms with Gasteiger partial charge in [0.15, 0.2) is 0 Å². The van der Waals surface area contributed by atoms with Gasteiger partial charge in [-0.1, -0.05) is 0 Å². The van der Waals surface area contributed by atoms with Gasteiger partial charge in [-0.15, -0.1) is 4.91 Å². The smallest absolute Gasteiger partial charge is 0.306 e. The zero-order chi connectivity index (χ0) is 14.1. The van der Waals surface area contributed by atoms with Crippen LogP contribution in [-0.2, 0) is 9.53 Å². The Morgan fingerprint density at radius 2 is 2.06 bits per heavy atom. The quantitative estimate of drug-likeness (QED) is 0.256. The number of nitrogens with two attached hydrogens (primary N) is 1. The van der Waals surface area contributed by atoms with Gasteiger partial charge in [-0.2, -0.15) is 5.01 Å². The van der Waals surface area contributed by atoms with E-state index < -0.39 is 42.7 Å². The minimum atomic E-state index is -2.76. The fraction of sp³-hybridized carbons (Fsp3) is 0.875. The Labute approximate surface area is 102 Å². The molecule has 1 saturated heterocycles. The Balaban J connectivity index is 3.05. The number of hydrogen-bond acceptors (Lipinski definition) is 9. The van der Waals surface area contributed by atoms with Crippen LogP contribution in [0.5, 0.6) is 0 Å². The van der Waals surface area contributed by atoms with E-state index in [9.17, 15) is 25.0 Å². The van der Waals surface area contributed by atoms with Crippen LogP contribution in [0, 0.1) is 4.91 Å². The monoisotopic (exact) mass is 265 g/mol. The van der Waals surface area contributed by atoms with E-state index in [-0.39, 0.29) is 5.01 Å². The summed E-state index contributed by atoms with van der Waals surface area (Å²) in [4.78, 5) is 21.9. The van der Waals surface area contributed by atoms with Gasteiger partial charge in [0.25, 0.3) is 5.79 Å². The van der Waals surface area contributed by atoms with Crippen molar-refractivity contribution in [2.24, 2.45) is 11.0 Å². The van der Waals surface area contributed by atoms with Gasteiger partial charge in [0.1, 0.15) is 18.3 Å². The molecule has 0 bridgehead atoms. The van der Waals surface area contributed by atoms with Crippen LogP contribution in [-0.4, -0.2) is 75.1 Å². The number of carbonyl (C=O) groups is 1. The molecule has 104 valence electrons. The second-order valence-corrected chi connectivity index (χ2v) is 3.95. The Hall–Kier alpha value is -1.17. The van der Waals surface area contributed by atoms with Gasteiger partial charge in [-0.05, 0) is 0 Å². The number of hydrogen-bond donors (Lipinski definition) is 5. The molecule has 1 rings (SSSR count). The summed E-state index contributed by atoms with van der Waals surface area (Å²) in [6.45, 7) is -0.765. The molecule has 0 radical (unpaired) electrons. The SMILES string of the molecule is CN(N=O)C(=O)C1(O)O[C@H](CO)[C@@H](O)[C@H](O)[C@H]1N. The summed E-state index contributed by atoms with van der Waals surface area (Å²) in [6.07, 6.45) is -4.72. The van der Waals surface area contributed by atoms with Crippen LogP contribution in [0.25, 0.3) is 0 Å². The molecular weight excluding hydrogens is 250 g/mol. The maximum Gasteiger partial charge on any atom is 0.306 e. The summed E-state index contributed by atoms with van der Waals surface area (Å²) in [6, 6.07) is -1.70. The van der Waals surface area contributed by atoms with Crippen molar-refractivity contribution in [3.8, 4) is 0 Å². The number of carbonyl (C=O) groups excluding carboxylic acids is 1. The number of nitrogens with zero attached hydrogens (tertiary/aromatic N) is 2. The summed E-state index contributed by atoms with van der Waals surface area (Å²) < 4.78 is 4.78. The summed E-state index contributed by atoms with van der Waals surface area (Å²) in [5.41, 5.74) is 5.40. The maximum atomic E-state index is 11.7. The normalized spacial score (nSPS) is 40.3. The third kappa shape index (κ3) is 2.21. The Morgan fingerprint density at radius 3 is 2.50 bits per heavy atom. The number of aliphatic hydroxyl groups is 4. The molecule has 0 aromatic carbocycles. The van der Waals surface area contributed by atoms with Crippen molar-refractivity contribution in [1.82, 2.24) is 5.01 Å². The molecular formula is C8H15N3O7. The van der Waals surface area contributed by atoms with Crippen molar-refractivity contribution >= 4 is 5.91 Å². The van der Waals surface area contributed by atoms with Crippen LogP contribution in [0.3, 0.4) is 0 Å². The molecule has 18 heavy (non-hydrogen) atoms. The Morgan fingerprint density at radius 1 is 1.50 bits per heavy atom. The standard InChI is InChI=1S/C8H15N3O7/c1-11(10-17)7(15)8(16)6(9)5(14)4(13)3(2-12)18-8/h3-6,12-14,16H,2,9H2,1H3/t3-,4-,5+,6-,8?/m1/s1. The summed E-state index contributed by atoms with van der Waals surface area (Å²) in [7, 11) is 0.953. The molecule has 1 amide bonds. The molecule has 10 heteroatoms. The Bertz CT molecular complexity index is 339. The molecule has 0 aromatic rings. The molecule has 0 aliphatic carbocycles. The van der Waals surface area contributed by atoms with E-state index in [1.54, 1.807) is 0 Å². The Kier molecular flexibility index (Phi) is 4.32. The van der Waals surface area contributed by atoms with Crippen molar-refractivity contribution in [3.63, 3.8) is 0 Å². The van der Waals surface area contributed by atoms with E-state index in [2.05, 4.69) is 5.29 Å². The number of rotatable bonds is 3. The lowest BCUT2D eigenvalue weighted by Gasteiger charge is -2.45. The number of aliphatic hydroxyl groups excluding tert-OH is 3. The predicted molar refractivity (Wildman–Crippen MR) is 55.5 cm³/mol. The summed E-state index contributed by atoms with van der Waals surface area (Å²) in [5, 5.41) is 40.5. The zero-order valence-corrected chi connectivity index (χ0v) is 9.50. The first-order valence-electron chi connectivity index (χ1n) is 5.03. The second kappa shape index (κ2) is 5.22. The van der Waals surface area contributed by atoms with Crippen LogP contribution in [0.1, 0.15) is 0 Å². The van der Waals surface area contributed by atoms with Crippen LogP contribution in [0.15, 0.2) is 5.29 Å².